The molecule has 17 heavy (non-hydrogen) atoms. The summed E-state index contributed by atoms with van der Waals surface area (Å²) in [5.41, 5.74) is 2.27. The summed E-state index contributed by atoms with van der Waals surface area (Å²) in [5.74, 6) is 2.51. The van der Waals surface area contributed by atoms with Gasteiger partial charge in [0.25, 0.3) is 0 Å². The van der Waals surface area contributed by atoms with Crippen LogP contribution in [-0.2, 0) is 0 Å². The van der Waals surface area contributed by atoms with Crippen LogP contribution in [0.25, 0.3) is 0 Å². The Hall–Kier alpha value is -0.670. The van der Waals surface area contributed by atoms with Crippen LogP contribution < -0.4 is 4.90 Å². The molecule has 2 atom stereocenters. The fourth-order valence-electron chi connectivity index (χ4n) is 2.21. The Labute approximate surface area is 108 Å². The Morgan fingerprint density at radius 2 is 2.12 bits per heavy atom. The Morgan fingerprint density at radius 1 is 1.41 bits per heavy atom. The lowest BCUT2D eigenvalue weighted by Crippen LogP contribution is -2.31. The average Bonchev–Trinajstić information content (AvgIpc) is 2.91. The van der Waals surface area contributed by atoms with E-state index >= 15 is 0 Å². The smallest absolute Gasteiger partial charge is 0.0787 e. The molecule has 0 saturated carbocycles. The fourth-order valence-corrected chi connectivity index (χ4v) is 3.47. The molecular weight excluding hydrogens is 230 g/mol. The Morgan fingerprint density at radius 3 is 2.65 bits per heavy atom. The van der Waals surface area contributed by atoms with E-state index in [4.69, 9.17) is 0 Å². The molecule has 1 aliphatic heterocycles. The van der Waals surface area contributed by atoms with Gasteiger partial charge >= 0.3 is 0 Å². The summed E-state index contributed by atoms with van der Waals surface area (Å²) < 4.78 is 0. The van der Waals surface area contributed by atoms with Gasteiger partial charge in [-0.3, -0.25) is 0 Å². The van der Waals surface area contributed by atoms with Crippen LogP contribution in [0.2, 0.25) is 0 Å². The highest BCUT2D eigenvalue weighted by Gasteiger charge is 2.20. The number of benzene rings is 1. The van der Waals surface area contributed by atoms with Gasteiger partial charge < -0.3 is 10.0 Å². The van der Waals surface area contributed by atoms with Gasteiger partial charge in [-0.1, -0.05) is 19.1 Å². The molecule has 0 aromatic heterocycles. The lowest BCUT2D eigenvalue weighted by Gasteiger charge is -2.26. The molecule has 2 rings (SSSR count). The van der Waals surface area contributed by atoms with Crippen molar-refractivity contribution in [1.29, 1.82) is 0 Å². The van der Waals surface area contributed by atoms with Crippen molar-refractivity contribution in [2.75, 3.05) is 23.5 Å². The second-order valence-corrected chi connectivity index (χ2v) is 5.79. The predicted octanol–water partition coefficient (Wildman–Crippen LogP) is 3.07. The quantitative estimate of drug-likeness (QED) is 0.889. The van der Waals surface area contributed by atoms with Gasteiger partial charge in [0.1, 0.15) is 0 Å². The molecule has 1 unspecified atom stereocenters. The SMILES string of the molecule is CC[C@H](O)c1ccc(N(C)C2CCSC2)cc1. The van der Waals surface area contributed by atoms with Crippen LogP contribution in [0.3, 0.4) is 0 Å². The second-order valence-electron chi connectivity index (χ2n) is 4.64. The number of hydrogen-bond acceptors (Lipinski definition) is 3. The van der Waals surface area contributed by atoms with Gasteiger partial charge in [-0.05, 0) is 36.3 Å². The van der Waals surface area contributed by atoms with Crippen LogP contribution in [-0.4, -0.2) is 29.7 Å². The van der Waals surface area contributed by atoms with Crippen LogP contribution in [0, 0.1) is 0 Å². The summed E-state index contributed by atoms with van der Waals surface area (Å²) >= 11 is 2.04. The lowest BCUT2D eigenvalue weighted by molar-refractivity contribution is 0.173. The number of rotatable bonds is 4. The topological polar surface area (TPSA) is 23.5 Å². The van der Waals surface area contributed by atoms with E-state index in [-0.39, 0.29) is 6.10 Å². The summed E-state index contributed by atoms with van der Waals surface area (Å²) in [6, 6.07) is 9.00. The zero-order valence-corrected chi connectivity index (χ0v) is 11.4. The van der Waals surface area contributed by atoms with Crippen LogP contribution in [0.4, 0.5) is 5.69 Å². The molecule has 1 saturated heterocycles. The maximum absolute atomic E-state index is 9.75. The van der Waals surface area contributed by atoms with Gasteiger partial charge in [0, 0.05) is 24.5 Å². The van der Waals surface area contributed by atoms with Crippen molar-refractivity contribution in [3.8, 4) is 0 Å². The third kappa shape index (κ3) is 2.96. The van der Waals surface area contributed by atoms with Gasteiger partial charge in [-0.2, -0.15) is 11.8 Å². The van der Waals surface area contributed by atoms with Crippen molar-refractivity contribution in [2.24, 2.45) is 0 Å². The Kier molecular flexibility index (Phi) is 4.35. The zero-order valence-electron chi connectivity index (χ0n) is 10.6. The first kappa shape index (κ1) is 12.8. The summed E-state index contributed by atoms with van der Waals surface area (Å²) in [6.07, 6.45) is 1.73. The highest BCUT2D eigenvalue weighted by Crippen LogP contribution is 2.27. The molecule has 0 radical (unpaired) electrons. The van der Waals surface area contributed by atoms with Crippen LogP contribution in [0.1, 0.15) is 31.4 Å². The Balaban J connectivity index is 2.06. The molecule has 1 heterocycles. The third-order valence-electron chi connectivity index (χ3n) is 3.53. The van der Waals surface area contributed by atoms with Crippen molar-refractivity contribution in [2.45, 2.75) is 31.9 Å². The minimum absolute atomic E-state index is 0.323. The number of nitrogens with zero attached hydrogens (tertiary/aromatic N) is 1. The highest BCUT2D eigenvalue weighted by atomic mass is 32.2. The lowest BCUT2D eigenvalue weighted by atomic mass is 10.1. The van der Waals surface area contributed by atoms with E-state index in [1.807, 2.05) is 30.8 Å². The van der Waals surface area contributed by atoms with Gasteiger partial charge in [-0.15, -0.1) is 0 Å². The van der Waals surface area contributed by atoms with E-state index in [0.717, 1.165) is 12.0 Å². The summed E-state index contributed by atoms with van der Waals surface area (Å²) in [7, 11) is 2.17. The standard InChI is InChI=1S/C14H21NOS/c1-3-14(16)11-4-6-12(7-5-11)15(2)13-8-9-17-10-13/h4-7,13-14,16H,3,8-10H2,1-2H3/t13?,14-/m0/s1. The molecule has 1 aliphatic rings. The molecule has 1 N–H and O–H groups in total. The molecule has 0 amide bonds. The second kappa shape index (κ2) is 5.78. The van der Waals surface area contributed by atoms with E-state index in [1.165, 1.54) is 23.6 Å². The first-order chi connectivity index (χ1) is 8.22. The van der Waals surface area contributed by atoms with Crippen LogP contribution in [0.5, 0.6) is 0 Å². The van der Waals surface area contributed by atoms with E-state index < -0.39 is 0 Å². The van der Waals surface area contributed by atoms with Crippen molar-refractivity contribution in [1.82, 2.24) is 0 Å². The number of aliphatic hydroxyl groups is 1. The average molecular weight is 251 g/mol. The number of thioether (sulfide) groups is 1. The monoisotopic (exact) mass is 251 g/mol. The molecule has 1 fully saturated rings. The van der Waals surface area contributed by atoms with Gasteiger partial charge in [0.15, 0.2) is 0 Å². The molecule has 1 aromatic rings. The summed E-state index contributed by atoms with van der Waals surface area (Å²) in [4.78, 5) is 2.36. The predicted molar refractivity (Wildman–Crippen MR) is 75.8 cm³/mol. The highest BCUT2D eigenvalue weighted by molar-refractivity contribution is 7.99. The van der Waals surface area contributed by atoms with Gasteiger partial charge in [0.2, 0.25) is 0 Å². The van der Waals surface area contributed by atoms with Crippen LogP contribution in [0.15, 0.2) is 24.3 Å². The summed E-state index contributed by atoms with van der Waals surface area (Å²) in [6.45, 7) is 2.00. The first-order valence-corrected chi connectivity index (χ1v) is 7.46. The number of aliphatic hydroxyl groups excluding tert-OH is 1. The van der Waals surface area contributed by atoms with Crippen LogP contribution >= 0.6 is 11.8 Å². The van der Waals surface area contributed by atoms with E-state index in [9.17, 15) is 5.11 Å². The van der Waals surface area contributed by atoms with Crippen molar-refractivity contribution >= 4 is 17.4 Å². The maximum atomic E-state index is 9.75. The van der Waals surface area contributed by atoms with Gasteiger partial charge in [0.05, 0.1) is 6.10 Å². The molecule has 0 bridgehead atoms. The molecule has 94 valence electrons. The number of hydrogen-bond donors (Lipinski definition) is 1. The molecule has 0 spiro atoms. The minimum atomic E-state index is -0.323. The van der Waals surface area contributed by atoms with E-state index in [1.54, 1.807) is 0 Å². The normalized spacial score (nSPS) is 21.5. The first-order valence-electron chi connectivity index (χ1n) is 6.31. The largest absolute Gasteiger partial charge is 0.388 e. The molecule has 1 aromatic carbocycles. The van der Waals surface area contributed by atoms with Crippen molar-refractivity contribution in [3.05, 3.63) is 29.8 Å². The van der Waals surface area contributed by atoms with Crippen molar-refractivity contribution in [3.63, 3.8) is 0 Å². The molecule has 0 aliphatic carbocycles. The summed E-state index contributed by atoms with van der Waals surface area (Å²) in [5, 5.41) is 9.75. The zero-order chi connectivity index (χ0) is 12.3. The number of anilines is 1. The maximum Gasteiger partial charge on any atom is 0.0787 e. The third-order valence-corrected chi connectivity index (χ3v) is 4.67. The minimum Gasteiger partial charge on any atom is -0.388 e. The van der Waals surface area contributed by atoms with E-state index in [2.05, 4.69) is 24.1 Å². The van der Waals surface area contributed by atoms with E-state index in [0.29, 0.717) is 6.04 Å². The fraction of sp³-hybridized carbons (Fsp3) is 0.571. The van der Waals surface area contributed by atoms with Gasteiger partial charge in [-0.25, -0.2) is 0 Å². The molecule has 2 nitrogen and oxygen atoms in total. The molecular formula is C14H21NOS. The Bertz CT molecular complexity index is 346. The molecule has 3 heteroatoms. The van der Waals surface area contributed by atoms with Crippen molar-refractivity contribution < 1.29 is 5.11 Å².